The van der Waals surface area contributed by atoms with E-state index in [1.165, 1.54) is 49.4 Å². The van der Waals surface area contributed by atoms with Gasteiger partial charge in [0.1, 0.15) is 17.3 Å². The summed E-state index contributed by atoms with van der Waals surface area (Å²) in [6, 6.07) is 0. The van der Waals surface area contributed by atoms with Crippen molar-refractivity contribution in [2.75, 3.05) is 17.3 Å². The first-order valence-corrected chi connectivity index (χ1v) is 9.56. The number of unbranched alkanes of at least 4 members (excludes halogenated alkanes) is 3. The van der Waals surface area contributed by atoms with Crippen LogP contribution in [-0.2, 0) is 10.9 Å². The largest absolute Gasteiger partial charge is 1.00 e. The number of halogens is 1. The van der Waals surface area contributed by atoms with E-state index < -0.39 is 0 Å². The first-order valence-electron chi connectivity index (χ1n) is 7.83. The SMILES string of the molecule is CCCCCC#CCC#CC=CC=CC[S+]1CCCC1.[Br-]. The molecule has 1 heterocycles. The zero-order valence-electron chi connectivity index (χ0n) is 13.2. The molecule has 116 valence electrons. The molecule has 0 aromatic rings. The Morgan fingerprint density at radius 3 is 2.57 bits per heavy atom. The maximum atomic E-state index is 3.17. The van der Waals surface area contributed by atoms with Crippen LogP contribution in [0.2, 0.25) is 0 Å². The molecule has 0 radical (unpaired) electrons. The van der Waals surface area contributed by atoms with Crippen molar-refractivity contribution in [3.63, 3.8) is 0 Å². The van der Waals surface area contributed by atoms with E-state index in [2.05, 4.69) is 42.8 Å². The highest BCUT2D eigenvalue weighted by Gasteiger charge is 2.21. The smallest absolute Gasteiger partial charge is 0.126 e. The summed E-state index contributed by atoms with van der Waals surface area (Å²) in [5.74, 6) is 16.5. The fourth-order valence-corrected chi connectivity index (χ4v) is 4.17. The normalized spacial score (nSPS) is 14.5. The summed E-state index contributed by atoms with van der Waals surface area (Å²) in [5.41, 5.74) is 0. The van der Waals surface area contributed by atoms with E-state index in [0.29, 0.717) is 17.3 Å². The van der Waals surface area contributed by atoms with Gasteiger partial charge in [-0.1, -0.05) is 49.7 Å². The fraction of sp³-hybridized carbons (Fsp3) is 0.579. The fourth-order valence-electron chi connectivity index (χ4n) is 2.02. The Morgan fingerprint density at radius 1 is 1.00 bits per heavy atom. The summed E-state index contributed by atoms with van der Waals surface area (Å²) < 4.78 is 0. The maximum Gasteiger partial charge on any atom is 0.126 e. The lowest BCUT2D eigenvalue weighted by Gasteiger charge is -1.92. The third-order valence-corrected chi connectivity index (χ3v) is 5.58. The summed E-state index contributed by atoms with van der Waals surface area (Å²) >= 11 is 0. The van der Waals surface area contributed by atoms with Crippen LogP contribution < -0.4 is 17.0 Å². The summed E-state index contributed by atoms with van der Waals surface area (Å²) in [6.07, 6.45) is 16.8. The Bertz CT molecular complexity index is 408. The van der Waals surface area contributed by atoms with Crippen LogP contribution in [0.25, 0.3) is 0 Å². The Morgan fingerprint density at radius 2 is 1.81 bits per heavy atom. The second kappa shape index (κ2) is 15.8. The van der Waals surface area contributed by atoms with E-state index >= 15 is 0 Å². The van der Waals surface area contributed by atoms with Crippen LogP contribution in [0.3, 0.4) is 0 Å². The molecule has 2 heteroatoms. The van der Waals surface area contributed by atoms with Crippen molar-refractivity contribution >= 4 is 10.9 Å². The van der Waals surface area contributed by atoms with Crippen LogP contribution in [0.4, 0.5) is 0 Å². The predicted molar refractivity (Wildman–Crippen MR) is 93.8 cm³/mol. The molecule has 21 heavy (non-hydrogen) atoms. The molecule has 1 saturated heterocycles. The van der Waals surface area contributed by atoms with Crippen LogP contribution in [0.1, 0.15) is 51.9 Å². The van der Waals surface area contributed by atoms with Gasteiger partial charge in [-0.15, -0.1) is 5.92 Å². The van der Waals surface area contributed by atoms with Gasteiger partial charge in [0.15, 0.2) is 0 Å². The minimum atomic E-state index is 0. The van der Waals surface area contributed by atoms with Gasteiger partial charge in [0.25, 0.3) is 0 Å². The van der Waals surface area contributed by atoms with E-state index in [4.69, 9.17) is 0 Å². The van der Waals surface area contributed by atoms with Gasteiger partial charge in [0.05, 0.1) is 6.42 Å². The lowest BCUT2D eigenvalue weighted by Crippen LogP contribution is -3.00. The van der Waals surface area contributed by atoms with Crippen molar-refractivity contribution < 1.29 is 17.0 Å². The summed E-state index contributed by atoms with van der Waals surface area (Å²) in [6.45, 7) is 2.22. The molecule has 0 aliphatic carbocycles. The molecule has 1 aliphatic rings. The molecule has 0 spiro atoms. The van der Waals surface area contributed by atoms with E-state index in [0.717, 1.165) is 6.42 Å². The number of rotatable bonds is 6. The standard InChI is InChI=1S/C19H27S.BrH/c1-2-3-4-5-6-7-8-9-10-11-12-13-14-17-20-18-15-16-19-20;/h11-14H,2-5,8,15-19H2,1H3;1H/q+1;/p-1. The van der Waals surface area contributed by atoms with Gasteiger partial charge >= 0.3 is 0 Å². The zero-order valence-corrected chi connectivity index (χ0v) is 15.6. The zero-order chi connectivity index (χ0) is 14.3. The monoisotopic (exact) mass is 366 g/mol. The third kappa shape index (κ3) is 12.9. The van der Waals surface area contributed by atoms with Crippen LogP contribution >= 0.6 is 0 Å². The van der Waals surface area contributed by atoms with Crippen molar-refractivity contribution in [3.8, 4) is 23.7 Å². The van der Waals surface area contributed by atoms with Crippen LogP contribution in [0, 0.1) is 23.7 Å². The molecule has 0 saturated carbocycles. The van der Waals surface area contributed by atoms with Crippen molar-refractivity contribution in [1.82, 2.24) is 0 Å². The van der Waals surface area contributed by atoms with Crippen LogP contribution in [0.15, 0.2) is 24.3 Å². The van der Waals surface area contributed by atoms with Gasteiger partial charge in [0.2, 0.25) is 0 Å². The van der Waals surface area contributed by atoms with Crippen molar-refractivity contribution in [3.05, 3.63) is 24.3 Å². The summed E-state index contributed by atoms with van der Waals surface area (Å²) in [7, 11) is 0.682. The highest BCUT2D eigenvalue weighted by molar-refractivity contribution is 7.97. The van der Waals surface area contributed by atoms with Crippen LogP contribution in [-0.4, -0.2) is 17.3 Å². The molecule has 0 aromatic heterocycles. The Balaban J connectivity index is 0.00000400. The van der Waals surface area contributed by atoms with E-state index in [-0.39, 0.29) is 17.0 Å². The molecule has 0 atom stereocenters. The lowest BCUT2D eigenvalue weighted by atomic mass is 10.2. The van der Waals surface area contributed by atoms with Gasteiger partial charge in [-0.05, 0) is 42.3 Å². The van der Waals surface area contributed by atoms with Crippen LogP contribution in [0.5, 0.6) is 0 Å². The summed E-state index contributed by atoms with van der Waals surface area (Å²) in [5, 5.41) is 0. The highest BCUT2D eigenvalue weighted by atomic mass is 79.9. The molecule has 0 bridgehead atoms. The molecule has 0 nitrogen and oxygen atoms in total. The lowest BCUT2D eigenvalue weighted by molar-refractivity contribution is -0.00000417. The maximum absolute atomic E-state index is 3.17. The van der Waals surface area contributed by atoms with Gasteiger partial charge in [-0.25, -0.2) is 0 Å². The van der Waals surface area contributed by atoms with E-state index in [1.54, 1.807) is 0 Å². The van der Waals surface area contributed by atoms with Gasteiger partial charge < -0.3 is 17.0 Å². The highest BCUT2D eigenvalue weighted by Crippen LogP contribution is 2.13. The van der Waals surface area contributed by atoms with E-state index in [1.807, 2.05) is 12.2 Å². The molecular formula is C19H27BrS. The van der Waals surface area contributed by atoms with Crippen molar-refractivity contribution in [2.45, 2.75) is 51.9 Å². The second-order valence-electron chi connectivity index (χ2n) is 4.99. The average Bonchev–Trinajstić information content (AvgIpc) is 2.97. The first-order chi connectivity index (χ1) is 9.93. The van der Waals surface area contributed by atoms with Gasteiger partial charge in [-0.3, -0.25) is 0 Å². The van der Waals surface area contributed by atoms with Crippen molar-refractivity contribution in [1.29, 1.82) is 0 Å². The number of hydrogen-bond acceptors (Lipinski definition) is 0. The second-order valence-corrected chi connectivity index (χ2v) is 7.36. The quantitative estimate of drug-likeness (QED) is 0.289. The summed E-state index contributed by atoms with van der Waals surface area (Å²) in [4.78, 5) is 0. The molecule has 1 aliphatic heterocycles. The first kappa shape index (κ1) is 20.4. The van der Waals surface area contributed by atoms with Crippen molar-refractivity contribution in [2.24, 2.45) is 0 Å². The predicted octanol–water partition coefficient (Wildman–Crippen LogP) is 1.49. The van der Waals surface area contributed by atoms with E-state index in [9.17, 15) is 0 Å². The topological polar surface area (TPSA) is 0 Å². The molecule has 0 amide bonds. The van der Waals surface area contributed by atoms with Gasteiger partial charge in [0, 0.05) is 6.42 Å². The molecule has 0 unspecified atom stereocenters. The van der Waals surface area contributed by atoms with Gasteiger partial charge in [-0.2, -0.15) is 0 Å². The minimum absolute atomic E-state index is 0. The molecule has 1 fully saturated rings. The Labute approximate surface area is 145 Å². The Kier molecular flexibility index (Phi) is 15.4. The number of allylic oxidation sites excluding steroid dienone is 3. The molecular weight excluding hydrogens is 340 g/mol. The molecule has 1 rings (SSSR count). The Hall–Kier alpha value is -0.570. The number of hydrogen-bond donors (Lipinski definition) is 0. The molecule has 0 aromatic carbocycles. The minimum Gasteiger partial charge on any atom is -1.00 e. The third-order valence-electron chi connectivity index (χ3n) is 3.18. The average molecular weight is 367 g/mol. The molecule has 0 N–H and O–H groups in total.